The van der Waals surface area contributed by atoms with Crippen LogP contribution in [-0.2, 0) is 23.1 Å². The maximum atomic E-state index is 12.9. The lowest BCUT2D eigenvalue weighted by molar-refractivity contribution is -0.142. The van der Waals surface area contributed by atoms with Crippen LogP contribution in [0.1, 0.15) is 47.6 Å². The molecule has 0 saturated carbocycles. The van der Waals surface area contributed by atoms with E-state index < -0.39 is 11.4 Å². The standard InChI is InChI=1S/C23H23N3O3/c1-23(2,22(28)29)15-11-13-16(14-12-15)24-21(27)20-18-9-6-10-19(18)26(25-20)17-7-4-3-5-8-17/h3-5,7-8,11-14H,6,9-10H2,1-2H3,(H,24,27)(H,28,29). The van der Waals surface area contributed by atoms with E-state index in [-0.39, 0.29) is 5.91 Å². The Kier molecular flexibility index (Phi) is 4.70. The Hall–Kier alpha value is -3.41. The fraction of sp³-hybridized carbons (Fsp3) is 0.261. The monoisotopic (exact) mass is 389 g/mol. The third-order valence-electron chi connectivity index (χ3n) is 5.55. The average molecular weight is 389 g/mol. The summed E-state index contributed by atoms with van der Waals surface area (Å²) in [4.78, 5) is 24.3. The highest BCUT2D eigenvalue weighted by atomic mass is 16.4. The minimum Gasteiger partial charge on any atom is -0.481 e. The summed E-state index contributed by atoms with van der Waals surface area (Å²) in [6, 6.07) is 16.8. The number of carbonyl (C=O) groups is 2. The number of fused-ring (bicyclic) bond motifs is 1. The molecule has 1 heterocycles. The molecule has 0 spiro atoms. The molecule has 2 aromatic carbocycles. The number of nitrogens with zero attached hydrogens (tertiary/aromatic N) is 2. The number of carbonyl (C=O) groups excluding carboxylic acids is 1. The molecule has 0 aliphatic heterocycles. The van der Waals surface area contributed by atoms with Crippen molar-refractivity contribution in [2.75, 3.05) is 5.32 Å². The van der Waals surface area contributed by atoms with Crippen LogP contribution in [0.3, 0.4) is 0 Å². The van der Waals surface area contributed by atoms with E-state index in [1.54, 1.807) is 38.1 Å². The van der Waals surface area contributed by atoms with Gasteiger partial charge in [-0.2, -0.15) is 5.10 Å². The predicted octanol–water partition coefficient (Wildman–Crippen LogP) is 3.98. The molecule has 0 fully saturated rings. The Bertz CT molecular complexity index is 1070. The number of aromatic nitrogens is 2. The van der Waals surface area contributed by atoms with Crippen molar-refractivity contribution in [2.24, 2.45) is 0 Å². The molecule has 1 aliphatic rings. The van der Waals surface area contributed by atoms with Gasteiger partial charge in [0.2, 0.25) is 0 Å². The van der Waals surface area contributed by atoms with E-state index in [0.29, 0.717) is 16.9 Å². The van der Waals surface area contributed by atoms with Gasteiger partial charge in [-0.3, -0.25) is 9.59 Å². The number of hydrogen-bond acceptors (Lipinski definition) is 3. The number of carboxylic acid groups (broad SMARTS) is 1. The first-order chi connectivity index (χ1) is 13.9. The van der Waals surface area contributed by atoms with Crippen molar-refractivity contribution in [3.05, 3.63) is 77.1 Å². The molecule has 0 unspecified atom stereocenters. The minimum absolute atomic E-state index is 0.247. The molecule has 1 aromatic heterocycles. The van der Waals surface area contributed by atoms with Gasteiger partial charge in [0.25, 0.3) is 5.91 Å². The first kappa shape index (κ1) is 18.9. The van der Waals surface area contributed by atoms with E-state index >= 15 is 0 Å². The molecule has 0 radical (unpaired) electrons. The Morgan fingerprint density at radius 2 is 1.72 bits per heavy atom. The molecule has 29 heavy (non-hydrogen) atoms. The van der Waals surface area contributed by atoms with Crippen molar-refractivity contribution in [3.8, 4) is 5.69 Å². The Labute approximate surface area is 169 Å². The summed E-state index contributed by atoms with van der Waals surface area (Å²) in [6.07, 6.45) is 2.76. The largest absolute Gasteiger partial charge is 0.481 e. The molecule has 0 bridgehead atoms. The maximum Gasteiger partial charge on any atom is 0.313 e. The number of hydrogen-bond donors (Lipinski definition) is 2. The van der Waals surface area contributed by atoms with Crippen LogP contribution in [0.5, 0.6) is 0 Å². The summed E-state index contributed by atoms with van der Waals surface area (Å²) in [5.41, 5.74) is 3.81. The molecule has 1 amide bonds. The minimum atomic E-state index is -0.988. The van der Waals surface area contributed by atoms with Crippen LogP contribution in [0, 0.1) is 0 Å². The molecule has 2 N–H and O–H groups in total. The third kappa shape index (κ3) is 3.42. The average Bonchev–Trinajstić information content (AvgIpc) is 3.31. The summed E-state index contributed by atoms with van der Waals surface area (Å²) in [6.45, 7) is 3.31. The lowest BCUT2D eigenvalue weighted by atomic mass is 9.85. The molecule has 0 saturated heterocycles. The predicted molar refractivity (Wildman–Crippen MR) is 111 cm³/mol. The van der Waals surface area contributed by atoms with Crippen molar-refractivity contribution in [2.45, 2.75) is 38.5 Å². The van der Waals surface area contributed by atoms with E-state index in [1.807, 2.05) is 35.0 Å². The van der Waals surface area contributed by atoms with Crippen LogP contribution in [0.2, 0.25) is 0 Å². The highest BCUT2D eigenvalue weighted by Crippen LogP contribution is 2.29. The van der Waals surface area contributed by atoms with E-state index in [4.69, 9.17) is 0 Å². The molecule has 6 nitrogen and oxygen atoms in total. The van der Waals surface area contributed by atoms with Gasteiger partial charge in [-0.15, -0.1) is 0 Å². The second-order valence-corrected chi connectivity index (χ2v) is 7.84. The number of rotatable bonds is 5. The van der Waals surface area contributed by atoms with Gasteiger partial charge in [0.05, 0.1) is 11.1 Å². The van der Waals surface area contributed by atoms with Crippen LogP contribution in [0.25, 0.3) is 5.69 Å². The lowest BCUT2D eigenvalue weighted by Gasteiger charge is -2.19. The zero-order valence-corrected chi connectivity index (χ0v) is 16.5. The first-order valence-electron chi connectivity index (χ1n) is 9.69. The summed E-state index contributed by atoms with van der Waals surface area (Å²) in [5, 5.41) is 16.9. The quantitative estimate of drug-likeness (QED) is 0.691. The summed E-state index contributed by atoms with van der Waals surface area (Å²) >= 11 is 0. The van der Waals surface area contributed by atoms with E-state index in [2.05, 4.69) is 10.4 Å². The molecule has 3 aromatic rings. The molecule has 0 atom stereocenters. The SMILES string of the molecule is CC(C)(C(=O)O)c1ccc(NC(=O)c2nn(-c3ccccc3)c3c2CCC3)cc1. The van der Waals surface area contributed by atoms with Crippen LogP contribution >= 0.6 is 0 Å². The zero-order valence-electron chi connectivity index (χ0n) is 16.5. The van der Waals surface area contributed by atoms with E-state index in [0.717, 1.165) is 36.2 Å². The zero-order chi connectivity index (χ0) is 20.6. The number of benzene rings is 2. The highest BCUT2D eigenvalue weighted by Gasteiger charge is 2.30. The summed E-state index contributed by atoms with van der Waals surface area (Å²) < 4.78 is 1.87. The summed E-state index contributed by atoms with van der Waals surface area (Å²) in [5.74, 6) is -1.14. The van der Waals surface area contributed by atoms with Gasteiger partial charge in [-0.1, -0.05) is 30.3 Å². The number of para-hydroxylation sites is 1. The van der Waals surface area contributed by atoms with Gasteiger partial charge in [-0.05, 0) is 62.9 Å². The maximum absolute atomic E-state index is 12.9. The van der Waals surface area contributed by atoms with Crippen LogP contribution in [0.15, 0.2) is 54.6 Å². The second-order valence-electron chi connectivity index (χ2n) is 7.84. The fourth-order valence-corrected chi connectivity index (χ4v) is 3.69. The number of aliphatic carboxylic acids is 1. The van der Waals surface area contributed by atoms with E-state index in [9.17, 15) is 14.7 Å². The molecule has 148 valence electrons. The number of amides is 1. The first-order valence-corrected chi connectivity index (χ1v) is 9.69. The molecule has 4 rings (SSSR count). The van der Waals surface area contributed by atoms with Crippen molar-refractivity contribution >= 4 is 17.6 Å². The Morgan fingerprint density at radius 3 is 2.38 bits per heavy atom. The number of carboxylic acids is 1. The van der Waals surface area contributed by atoms with Crippen molar-refractivity contribution in [1.82, 2.24) is 9.78 Å². The molecule has 6 heteroatoms. The van der Waals surface area contributed by atoms with Crippen molar-refractivity contribution < 1.29 is 14.7 Å². The van der Waals surface area contributed by atoms with Gasteiger partial charge < -0.3 is 10.4 Å². The van der Waals surface area contributed by atoms with Crippen LogP contribution < -0.4 is 5.32 Å². The lowest BCUT2D eigenvalue weighted by Crippen LogP contribution is -2.28. The molecular formula is C23H23N3O3. The van der Waals surface area contributed by atoms with Crippen molar-refractivity contribution in [1.29, 1.82) is 0 Å². The van der Waals surface area contributed by atoms with Gasteiger partial charge in [0.1, 0.15) is 0 Å². The highest BCUT2D eigenvalue weighted by molar-refractivity contribution is 6.04. The van der Waals surface area contributed by atoms with Crippen LogP contribution in [0.4, 0.5) is 5.69 Å². The fourth-order valence-electron chi connectivity index (χ4n) is 3.69. The Balaban J connectivity index is 1.59. The number of anilines is 1. The van der Waals surface area contributed by atoms with Gasteiger partial charge in [0, 0.05) is 16.9 Å². The smallest absolute Gasteiger partial charge is 0.313 e. The van der Waals surface area contributed by atoms with Crippen molar-refractivity contribution in [3.63, 3.8) is 0 Å². The molecular weight excluding hydrogens is 366 g/mol. The molecule has 1 aliphatic carbocycles. The Morgan fingerprint density at radius 1 is 1.03 bits per heavy atom. The van der Waals surface area contributed by atoms with Gasteiger partial charge in [0.15, 0.2) is 5.69 Å². The third-order valence-corrected chi connectivity index (χ3v) is 5.55. The number of nitrogens with one attached hydrogen (secondary N) is 1. The normalized spacial score (nSPS) is 13.2. The summed E-state index contributed by atoms with van der Waals surface area (Å²) in [7, 11) is 0. The van der Waals surface area contributed by atoms with E-state index in [1.165, 1.54) is 0 Å². The second kappa shape index (κ2) is 7.20. The van der Waals surface area contributed by atoms with Gasteiger partial charge >= 0.3 is 5.97 Å². The topological polar surface area (TPSA) is 84.2 Å². The van der Waals surface area contributed by atoms with Gasteiger partial charge in [-0.25, -0.2) is 4.68 Å². The van der Waals surface area contributed by atoms with Crippen LogP contribution in [-0.4, -0.2) is 26.8 Å².